The number of anilines is 2. The van der Waals surface area contributed by atoms with E-state index in [1.807, 2.05) is 56.3 Å². The molecule has 2 heterocycles. The van der Waals surface area contributed by atoms with Gasteiger partial charge < -0.3 is 9.64 Å². The largest absolute Gasteiger partial charge is 0.378 e. The predicted molar refractivity (Wildman–Crippen MR) is 121 cm³/mol. The number of hydrogen-bond acceptors (Lipinski definition) is 6. The van der Waals surface area contributed by atoms with Crippen LogP contribution in [0.1, 0.15) is 19.4 Å². The molecule has 2 aliphatic rings. The van der Waals surface area contributed by atoms with Crippen LogP contribution >= 0.6 is 0 Å². The minimum absolute atomic E-state index is 0.106. The molecule has 1 atom stereocenters. The SMILES string of the molecule is CC1=NN(c2ccccc2)C(=O)C1/C(C)=N\N=C\c1ccc(N2CCOCC2)cc1. The van der Waals surface area contributed by atoms with Gasteiger partial charge in [-0.1, -0.05) is 30.3 Å². The molecule has 1 fully saturated rings. The fraction of sp³-hybridized carbons (Fsp3) is 0.304. The van der Waals surface area contributed by atoms with Crippen molar-refractivity contribution in [3.63, 3.8) is 0 Å². The van der Waals surface area contributed by atoms with E-state index in [-0.39, 0.29) is 5.91 Å². The van der Waals surface area contributed by atoms with E-state index in [1.165, 1.54) is 10.7 Å². The lowest BCUT2D eigenvalue weighted by molar-refractivity contribution is -0.118. The van der Waals surface area contributed by atoms with Gasteiger partial charge in [-0.15, -0.1) is 0 Å². The van der Waals surface area contributed by atoms with Crippen molar-refractivity contribution >= 4 is 34.9 Å². The van der Waals surface area contributed by atoms with Gasteiger partial charge in [-0.3, -0.25) is 4.79 Å². The molecule has 0 N–H and O–H groups in total. The Morgan fingerprint density at radius 3 is 2.47 bits per heavy atom. The Morgan fingerprint density at radius 2 is 1.77 bits per heavy atom. The molecule has 0 spiro atoms. The second-order valence-electron chi connectivity index (χ2n) is 7.34. The van der Waals surface area contributed by atoms with Crippen LogP contribution in [0.3, 0.4) is 0 Å². The molecule has 154 valence electrons. The summed E-state index contributed by atoms with van der Waals surface area (Å²) in [7, 11) is 0. The van der Waals surface area contributed by atoms with E-state index in [4.69, 9.17) is 4.74 Å². The van der Waals surface area contributed by atoms with Crippen LogP contribution in [0.5, 0.6) is 0 Å². The van der Waals surface area contributed by atoms with Gasteiger partial charge in [0, 0.05) is 18.8 Å². The van der Waals surface area contributed by atoms with Crippen molar-refractivity contribution in [2.24, 2.45) is 21.2 Å². The van der Waals surface area contributed by atoms with Crippen molar-refractivity contribution in [2.75, 3.05) is 36.2 Å². The van der Waals surface area contributed by atoms with Crippen LogP contribution in [0, 0.1) is 5.92 Å². The summed E-state index contributed by atoms with van der Waals surface area (Å²) in [5.41, 5.74) is 4.23. The van der Waals surface area contributed by atoms with E-state index in [0.29, 0.717) is 5.71 Å². The van der Waals surface area contributed by atoms with E-state index in [9.17, 15) is 4.79 Å². The number of hydrazone groups is 1. The molecule has 7 heteroatoms. The number of nitrogens with zero attached hydrogens (tertiary/aromatic N) is 5. The lowest BCUT2D eigenvalue weighted by Gasteiger charge is -2.28. The maximum absolute atomic E-state index is 12.8. The van der Waals surface area contributed by atoms with Crippen LogP contribution < -0.4 is 9.91 Å². The Balaban J connectivity index is 1.42. The van der Waals surface area contributed by atoms with Crippen molar-refractivity contribution in [3.05, 3.63) is 60.2 Å². The molecular formula is C23H25N5O2. The molecule has 4 rings (SSSR count). The number of para-hydroxylation sites is 1. The van der Waals surface area contributed by atoms with Gasteiger partial charge in [0.15, 0.2) is 0 Å². The van der Waals surface area contributed by atoms with Gasteiger partial charge in [-0.05, 0) is 43.7 Å². The molecule has 0 aliphatic carbocycles. The first-order chi connectivity index (χ1) is 14.6. The third kappa shape index (κ3) is 4.31. The first-order valence-corrected chi connectivity index (χ1v) is 10.1. The Hall–Kier alpha value is -3.32. The van der Waals surface area contributed by atoms with Gasteiger partial charge in [0.2, 0.25) is 0 Å². The monoisotopic (exact) mass is 403 g/mol. The summed E-state index contributed by atoms with van der Waals surface area (Å²) >= 11 is 0. The summed E-state index contributed by atoms with van der Waals surface area (Å²) in [5.74, 6) is -0.587. The van der Waals surface area contributed by atoms with Gasteiger partial charge in [0.1, 0.15) is 5.92 Å². The average molecular weight is 403 g/mol. The zero-order chi connectivity index (χ0) is 20.9. The molecule has 1 unspecified atom stereocenters. The Morgan fingerprint density at radius 1 is 1.07 bits per heavy atom. The van der Waals surface area contributed by atoms with Crippen molar-refractivity contribution in [3.8, 4) is 0 Å². The molecule has 0 radical (unpaired) electrons. The smallest absolute Gasteiger partial charge is 0.262 e. The number of morpholine rings is 1. The van der Waals surface area contributed by atoms with Gasteiger partial charge in [-0.25, -0.2) is 0 Å². The Bertz CT molecular complexity index is 976. The van der Waals surface area contributed by atoms with Crippen LogP contribution in [-0.4, -0.2) is 49.8 Å². The van der Waals surface area contributed by atoms with Crippen LogP contribution in [0.15, 0.2) is 69.9 Å². The third-order valence-corrected chi connectivity index (χ3v) is 5.24. The van der Waals surface area contributed by atoms with E-state index in [0.717, 1.165) is 43.3 Å². The molecule has 0 aromatic heterocycles. The normalized spacial score (nSPS) is 20.2. The second-order valence-corrected chi connectivity index (χ2v) is 7.34. The average Bonchev–Trinajstić information content (AvgIpc) is 3.09. The summed E-state index contributed by atoms with van der Waals surface area (Å²) in [5, 5.41) is 14.3. The summed E-state index contributed by atoms with van der Waals surface area (Å²) < 4.78 is 5.40. The highest BCUT2D eigenvalue weighted by Crippen LogP contribution is 2.24. The van der Waals surface area contributed by atoms with E-state index in [2.05, 4.69) is 32.3 Å². The number of carbonyl (C=O) groups is 1. The summed E-state index contributed by atoms with van der Waals surface area (Å²) in [6.45, 7) is 7.01. The molecule has 2 aromatic rings. The van der Waals surface area contributed by atoms with Crippen molar-refractivity contribution in [2.45, 2.75) is 13.8 Å². The molecule has 7 nitrogen and oxygen atoms in total. The Labute approximate surface area is 176 Å². The lowest BCUT2D eigenvalue weighted by Crippen LogP contribution is -2.36. The zero-order valence-corrected chi connectivity index (χ0v) is 17.2. The Kier molecular flexibility index (Phi) is 5.99. The van der Waals surface area contributed by atoms with E-state index in [1.54, 1.807) is 6.21 Å². The summed E-state index contributed by atoms with van der Waals surface area (Å²) in [4.78, 5) is 15.1. The van der Waals surface area contributed by atoms with Crippen LogP contribution in [0.4, 0.5) is 11.4 Å². The fourth-order valence-corrected chi connectivity index (χ4v) is 3.64. The highest BCUT2D eigenvalue weighted by atomic mass is 16.5. The topological polar surface area (TPSA) is 69.9 Å². The second kappa shape index (κ2) is 9.00. The maximum Gasteiger partial charge on any atom is 0.262 e. The molecule has 2 aromatic carbocycles. The van der Waals surface area contributed by atoms with Crippen molar-refractivity contribution < 1.29 is 9.53 Å². The highest BCUT2D eigenvalue weighted by molar-refractivity contribution is 6.27. The third-order valence-electron chi connectivity index (χ3n) is 5.24. The van der Waals surface area contributed by atoms with Crippen LogP contribution in [-0.2, 0) is 9.53 Å². The minimum Gasteiger partial charge on any atom is -0.378 e. The van der Waals surface area contributed by atoms with Gasteiger partial charge in [0.05, 0.1) is 36.5 Å². The lowest BCUT2D eigenvalue weighted by atomic mass is 9.99. The number of carbonyl (C=O) groups excluding carboxylic acids is 1. The minimum atomic E-state index is -0.481. The standard InChI is InChI=1S/C23H25N5O2/c1-17(22-18(2)26-28(23(22)29)21-6-4-3-5-7-21)25-24-16-19-8-10-20(11-9-19)27-12-14-30-15-13-27/h3-11,16,22H,12-15H2,1-2H3/b24-16+,25-17-. The number of hydrogen-bond donors (Lipinski definition) is 0. The fourth-order valence-electron chi connectivity index (χ4n) is 3.64. The maximum atomic E-state index is 12.8. The quantitative estimate of drug-likeness (QED) is 0.568. The molecule has 2 aliphatic heterocycles. The number of benzene rings is 2. The van der Waals surface area contributed by atoms with Crippen LogP contribution in [0.2, 0.25) is 0 Å². The molecule has 0 saturated carbocycles. The van der Waals surface area contributed by atoms with Crippen molar-refractivity contribution in [1.82, 2.24) is 0 Å². The van der Waals surface area contributed by atoms with E-state index < -0.39 is 5.92 Å². The number of rotatable bonds is 5. The predicted octanol–water partition coefficient (Wildman–Crippen LogP) is 3.36. The number of ether oxygens (including phenoxy) is 1. The van der Waals surface area contributed by atoms with Crippen LogP contribution in [0.25, 0.3) is 0 Å². The number of amides is 1. The molecule has 30 heavy (non-hydrogen) atoms. The zero-order valence-electron chi connectivity index (χ0n) is 17.2. The van der Waals surface area contributed by atoms with Gasteiger partial charge in [-0.2, -0.15) is 20.3 Å². The molecule has 0 bridgehead atoms. The highest BCUT2D eigenvalue weighted by Gasteiger charge is 2.36. The molecule has 1 saturated heterocycles. The van der Waals surface area contributed by atoms with Crippen molar-refractivity contribution in [1.29, 1.82) is 0 Å². The van der Waals surface area contributed by atoms with E-state index >= 15 is 0 Å². The first kappa shape index (κ1) is 20.0. The van der Waals surface area contributed by atoms with Gasteiger partial charge >= 0.3 is 0 Å². The summed E-state index contributed by atoms with van der Waals surface area (Å²) in [6.07, 6.45) is 1.70. The first-order valence-electron chi connectivity index (χ1n) is 10.1. The summed E-state index contributed by atoms with van der Waals surface area (Å²) in [6, 6.07) is 17.6. The molecule has 1 amide bonds. The molecular weight excluding hydrogens is 378 g/mol. The van der Waals surface area contributed by atoms with Gasteiger partial charge in [0.25, 0.3) is 5.91 Å².